The Hall–Kier alpha value is -0.300. The number of halogens is 2. The van der Waals surface area contributed by atoms with Crippen LogP contribution in [0, 0.1) is 5.92 Å². The molecule has 1 fully saturated rings. The Labute approximate surface area is 126 Å². The van der Waals surface area contributed by atoms with Gasteiger partial charge in [0.15, 0.2) is 0 Å². The van der Waals surface area contributed by atoms with Crippen molar-refractivity contribution < 1.29 is 8.42 Å². The van der Waals surface area contributed by atoms with Crippen LogP contribution in [0.1, 0.15) is 25.7 Å². The molecule has 1 saturated carbocycles. The molecule has 106 valence electrons. The highest BCUT2D eigenvalue weighted by Crippen LogP contribution is 2.32. The molecule has 4 nitrogen and oxygen atoms in total. The summed E-state index contributed by atoms with van der Waals surface area (Å²) in [5.74, 6) is 0.435. The van der Waals surface area contributed by atoms with Crippen molar-refractivity contribution in [3.63, 3.8) is 0 Å². The van der Waals surface area contributed by atoms with Crippen molar-refractivity contribution in [1.29, 1.82) is 0 Å². The second kappa shape index (κ2) is 5.99. The molecule has 0 saturated heterocycles. The molecule has 19 heavy (non-hydrogen) atoms. The first-order chi connectivity index (χ1) is 8.90. The Kier molecular flexibility index (Phi) is 4.76. The number of benzene rings is 1. The lowest BCUT2D eigenvalue weighted by Gasteiger charge is -2.13. The van der Waals surface area contributed by atoms with Gasteiger partial charge >= 0.3 is 0 Å². The minimum Gasteiger partial charge on any atom is -0.398 e. The molecule has 0 radical (unpaired) electrons. The van der Waals surface area contributed by atoms with Crippen molar-refractivity contribution in [1.82, 2.24) is 4.72 Å². The number of nitrogens with one attached hydrogen (secondary N) is 1. The van der Waals surface area contributed by atoms with E-state index in [4.69, 9.17) is 17.3 Å². The molecule has 1 aromatic carbocycles. The maximum absolute atomic E-state index is 12.3. The smallest absolute Gasteiger partial charge is 0.241 e. The SMILES string of the molecule is Nc1cc(Cl)cc(S(=O)(=O)NCC2CCCC2)c1Br. The largest absolute Gasteiger partial charge is 0.398 e. The minimum atomic E-state index is -3.58. The Morgan fingerprint density at radius 3 is 2.63 bits per heavy atom. The van der Waals surface area contributed by atoms with Crippen molar-refractivity contribution in [3.05, 3.63) is 21.6 Å². The average molecular weight is 368 g/mol. The lowest BCUT2D eigenvalue weighted by molar-refractivity contribution is 0.519. The molecule has 0 heterocycles. The van der Waals surface area contributed by atoms with Gasteiger partial charge in [0.1, 0.15) is 0 Å². The topological polar surface area (TPSA) is 72.2 Å². The third kappa shape index (κ3) is 3.62. The lowest BCUT2D eigenvalue weighted by atomic mass is 10.1. The first-order valence-electron chi connectivity index (χ1n) is 6.14. The molecule has 2 rings (SSSR count). The van der Waals surface area contributed by atoms with Crippen molar-refractivity contribution in [2.75, 3.05) is 12.3 Å². The van der Waals surface area contributed by atoms with Crippen LogP contribution in [0.4, 0.5) is 5.69 Å². The number of hydrogen-bond donors (Lipinski definition) is 2. The van der Waals surface area contributed by atoms with E-state index in [0.29, 0.717) is 27.6 Å². The summed E-state index contributed by atoms with van der Waals surface area (Å²) in [5.41, 5.74) is 6.03. The highest BCUT2D eigenvalue weighted by molar-refractivity contribution is 9.10. The fourth-order valence-electron chi connectivity index (χ4n) is 2.30. The highest BCUT2D eigenvalue weighted by Gasteiger charge is 2.22. The molecular formula is C12H16BrClN2O2S. The Bertz CT molecular complexity index is 571. The van der Waals surface area contributed by atoms with Gasteiger partial charge in [-0.2, -0.15) is 0 Å². The number of rotatable bonds is 4. The van der Waals surface area contributed by atoms with Gasteiger partial charge in [-0.15, -0.1) is 0 Å². The van der Waals surface area contributed by atoms with Gasteiger partial charge in [0.2, 0.25) is 10.0 Å². The predicted octanol–water partition coefficient (Wildman–Crippen LogP) is 3.15. The monoisotopic (exact) mass is 366 g/mol. The van der Waals surface area contributed by atoms with E-state index in [1.165, 1.54) is 25.0 Å². The van der Waals surface area contributed by atoms with Gasteiger partial charge in [-0.1, -0.05) is 24.4 Å². The Morgan fingerprint density at radius 2 is 2.00 bits per heavy atom. The van der Waals surface area contributed by atoms with Crippen LogP contribution in [0.3, 0.4) is 0 Å². The van der Waals surface area contributed by atoms with Crippen molar-refractivity contribution in [3.8, 4) is 0 Å². The van der Waals surface area contributed by atoms with Crippen LogP contribution < -0.4 is 10.5 Å². The van der Waals surface area contributed by atoms with E-state index >= 15 is 0 Å². The van der Waals surface area contributed by atoms with Crippen molar-refractivity contribution in [2.45, 2.75) is 30.6 Å². The zero-order valence-corrected chi connectivity index (χ0v) is 13.5. The average Bonchev–Trinajstić information content (AvgIpc) is 2.84. The normalized spacial score (nSPS) is 16.9. The van der Waals surface area contributed by atoms with E-state index in [9.17, 15) is 8.42 Å². The molecule has 7 heteroatoms. The summed E-state index contributed by atoms with van der Waals surface area (Å²) in [5, 5.41) is 0.307. The van der Waals surface area contributed by atoms with E-state index in [2.05, 4.69) is 20.7 Å². The van der Waals surface area contributed by atoms with E-state index in [-0.39, 0.29) is 4.90 Å². The zero-order chi connectivity index (χ0) is 14.0. The van der Waals surface area contributed by atoms with E-state index in [1.54, 1.807) is 0 Å². The molecule has 0 amide bonds. The molecule has 0 aromatic heterocycles. The van der Waals surface area contributed by atoms with Gasteiger partial charge in [-0.25, -0.2) is 13.1 Å². The van der Waals surface area contributed by atoms with Gasteiger partial charge in [-0.3, -0.25) is 0 Å². The minimum absolute atomic E-state index is 0.0931. The van der Waals surface area contributed by atoms with E-state index in [0.717, 1.165) is 12.8 Å². The fraction of sp³-hybridized carbons (Fsp3) is 0.500. The number of nitrogens with two attached hydrogens (primary N) is 1. The van der Waals surface area contributed by atoms with Crippen LogP contribution in [0.15, 0.2) is 21.5 Å². The number of anilines is 1. The van der Waals surface area contributed by atoms with Crippen LogP contribution in [-0.2, 0) is 10.0 Å². The third-order valence-electron chi connectivity index (χ3n) is 3.36. The van der Waals surface area contributed by atoms with Gasteiger partial charge < -0.3 is 5.73 Å². The first-order valence-corrected chi connectivity index (χ1v) is 8.80. The van der Waals surface area contributed by atoms with Gasteiger partial charge in [0, 0.05) is 17.3 Å². The number of hydrogen-bond acceptors (Lipinski definition) is 3. The second-order valence-corrected chi connectivity index (χ2v) is 7.77. The third-order valence-corrected chi connectivity index (χ3v) is 6.17. The summed E-state index contributed by atoms with van der Waals surface area (Å²) in [6.45, 7) is 0.473. The molecule has 0 spiro atoms. The molecule has 3 N–H and O–H groups in total. The summed E-state index contributed by atoms with van der Waals surface area (Å²) in [6, 6.07) is 2.92. The summed E-state index contributed by atoms with van der Waals surface area (Å²) < 4.78 is 27.5. The molecule has 1 aromatic rings. The molecule has 1 aliphatic carbocycles. The number of sulfonamides is 1. The van der Waals surface area contributed by atoms with E-state index in [1.807, 2.05) is 0 Å². The standard InChI is InChI=1S/C12H16BrClN2O2S/c13-12-10(15)5-9(14)6-11(12)19(17,18)16-7-8-3-1-2-4-8/h5-6,8,16H,1-4,7,15H2. The van der Waals surface area contributed by atoms with Gasteiger partial charge in [0.25, 0.3) is 0 Å². The van der Waals surface area contributed by atoms with Gasteiger partial charge in [0.05, 0.1) is 9.37 Å². The maximum Gasteiger partial charge on any atom is 0.241 e. The predicted molar refractivity (Wildman–Crippen MR) is 80.7 cm³/mol. The summed E-state index contributed by atoms with van der Waals surface area (Å²) >= 11 is 9.06. The maximum atomic E-state index is 12.3. The molecule has 0 aliphatic heterocycles. The van der Waals surface area contributed by atoms with Crippen LogP contribution >= 0.6 is 27.5 Å². The van der Waals surface area contributed by atoms with Crippen LogP contribution in [0.25, 0.3) is 0 Å². The molecule has 0 unspecified atom stereocenters. The zero-order valence-electron chi connectivity index (χ0n) is 10.3. The Balaban J connectivity index is 2.19. The van der Waals surface area contributed by atoms with E-state index < -0.39 is 10.0 Å². The fourth-order valence-corrected chi connectivity index (χ4v) is 4.71. The summed E-state index contributed by atoms with van der Waals surface area (Å²) in [6.07, 6.45) is 4.53. The quantitative estimate of drug-likeness (QED) is 0.803. The van der Waals surface area contributed by atoms with Crippen LogP contribution in [0.2, 0.25) is 5.02 Å². The molecule has 0 bridgehead atoms. The second-order valence-electron chi connectivity index (χ2n) is 4.81. The molecular weight excluding hydrogens is 352 g/mol. The first kappa shape index (κ1) is 15.1. The lowest BCUT2D eigenvalue weighted by Crippen LogP contribution is -2.29. The molecule has 0 atom stereocenters. The summed E-state index contributed by atoms with van der Waals surface area (Å²) in [7, 11) is -3.58. The molecule has 1 aliphatic rings. The Morgan fingerprint density at radius 1 is 1.37 bits per heavy atom. The highest BCUT2D eigenvalue weighted by atomic mass is 79.9. The number of nitrogen functional groups attached to an aromatic ring is 1. The van der Waals surface area contributed by atoms with Crippen molar-refractivity contribution >= 4 is 43.2 Å². The summed E-state index contributed by atoms with van der Waals surface area (Å²) in [4.78, 5) is 0.0931. The van der Waals surface area contributed by atoms with Gasteiger partial charge in [-0.05, 0) is 46.8 Å². The van der Waals surface area contributed by atoms with Crippen LogP contribution in [0.5, 0.6) is 0 Å². The van der Waals surface area contributed by atoms with Crippen molar-refractivity contribution in [2.24, 2.45) is 5.92 Å². The van der Waals surface area contributed by atoms with Crippen LogP contribution in [-0.4, -0.2) is 15.0 Å².